The molecule has 0 aromatic carbocycles. The van der Waals surface area contributed by atoms with Crippen LogP contribution in [0, 0.1) is 0 Å². The van der Waals surface area contributed by atoms with E-state index in [1.165, 1.54) is 14.2 Å². The third-order valence-electron chi connectivity index (χ3n) is 3.17. The smallest absolute Gasteiger partial charge is 0.324 e. The van der Waals surface area contributed by atoms with Crippen LogP contribution in [0.3, 0.4) is 0 Å². The molecule has 0 amide bonds. The summed E-state index contributed by atoms with van der Waals surface area (Å²) in [4.78, 5) is 11.9. The summed E-state index contributed by atoms with van der Waals surface area (Å²) in [5.41, 5.74) is -0.924. The van der Waals surface area contributed by atoms with E-state index < -0.39 is 5.60 Å². The highest BCUT2D eigenvalue weighted by molar-refractivity contribution is 5.28. The molecule has 8 heteroatoms. The molecule has 106 valence electrons. The zero-order valence-electron chi connectivity index (χ0n) is 11.2. The molecule has 1 fully saturated rings. The maximum absolute atomic E-state index is 10.4. The van der Waals surface area contributed by atoms with Crippen LogP contribution in [0.15, 0.2) is 0 Å². The average Bonchev–Trinajstić information content (AvgIpc) is 2.76. The van der Waals surface area contributed by atoms with E-state index in [4.69, 9.17) is 14.2 Å². The van der Waals surface area contributed by atoms with Crippen molar-refractivity contribution in [3.8, 4) is 12.0 Å². The van der Waals surface area contributed by atoms with Gasteiger partial charge in [0.15, 0.2) is 0 Å². The molecule has 2 atom stereocenters. The summed E-state index contributed by atoms with van der Waals surface area (Å²) < 4.78 is 15.2. The average molecular weight is 270 g/mol. The number of nitrogens with one attached hydrogen (secondary N) is 1. The van der Waals surface area contributed by atoms with E-state index in [0.717, 1.165) is 0 Å². The molecule has 0 aliphatic carbocycles. The zero-order valence-corrected chi connectivity index (χ0v) is 11.2. The van der Waals surface area contributed by atoms with Crippen LogP contribution >= 0.6 is 0 Å². The Labute approximate surface area is 111 Å². The molecule has 2 N–H and O–H groups in total. The van der Waals surface area contributed by atoms with Gasteiger partial charge in [0.05, 0.1) is 20.3 Å². The van der Waals surface area contributed by atoms with Gasteiger partial charge in [-0.3, -0.25) is 0 Å². The first kappa shape index (κ1) is 13.8. The van der Waals surface area contributed by atoms with Gasteiger partial charge in [-0.25, -0.2) is 0 Å². The first-order valence-electron chi connectivity index (χ1n) is 5.99. The van der Waals surface area contributed by atoms with Gasteiger partial charge in [0.1, 0.15) is 5.60 Å². The van der Waals surface area contributed by atoms with Gasteiger partial charge in [0.2, 0.25) is 5.95 Å². The van der Waals surface area contributed by atoms with Crippen molar-refractivity contribution in [2.24, 2.45) is 0 Å². The Morgan fingerprint density at radius 2 is 1.95 bits per heavy atom. The monoisotopic (exact) mass is 270 g/mol. The van der Waals surface area contributed by atoms with Crippen LogP contribution < -0.4 is 14.8 Å². The number of aromatic nitrogens is 3. The van der Waals surface area contributed by atoms with Crippen molar-refractivity contribution in [3.63, 3.8) is 0 Å². The molecule has 0 spiro atoms. The fourth-order valence-electron chi connectivity index (χ4n) is 1.83. The van der Waals surface area contributed by atoms with Crippen LogP contribution in [0.25, 0.3) is 0 Å². The first-order valence-corrected chi connectivity index (χ1v) is 5.99. The molecule has 1 saturated heterocycles. The van der Waals surface area contributed by atoms with Gasteiger partial charge in [-0.2, -0.15) is 9.97 Å². The molecule has 0 bridgehead atoms. The van der Waals surface area contributed by atoms with E-state index in [1.807, 2.05) is 6.92 Å². The highest BCUT2D eigenvalue weighted by Crippen LogP contribution is 2.25. The standard InChI is InChI=1S/C11H18N4O4/c1-7-11(16,4-5-19-7)6-12-8-13-9(17-2)15-10(14-8)18-3/h7,16H,4-6H2,1-3H3,(H,12,13,14,15). The lowest BCUT2D eigenvalue weighted by molar-refractivity contribution is -0.0177. The summed E-state index contributed by atoms with van der Waals surface area (Å²) in [5, 5.41) is 13.3. The third-order valence-corrected chi connectivity index (χ3v) is 3.17. The number of anilines is 1. The fourth-order valence-corrected chi connectivity index (χ4v) is 1.83. The third kappa shape index (κ3) is 3.02. The van der Waals surface area contributed by atoms with Gasteiger partial charge in [-0.05, 0) is 6.92 Å². The summed E-state index contributed by atoms with van der Waals surface area (Å²) in [6.45, 7) is 2.66. The second-order valence-corrected chi connectivity index (χ2v) is 4.35. The van der Waals surface area contributed by atoms with Gasteiger partial charge in [-0.1, -0.05) is 0 Å². The van der Waals surface area contributed by atoms with Crippen LogP contribution in [0.5, 0.6) is 12.0 Å². The summed E-state index contributed by atoms with van der Waals surface area (Å²) in [6.07, 6.45) is 0.339. The van der Waals surface area contributed by atoms with Crippen molar-refractivity contribution in [1.29, 1.82) is 0 Å². The molecule has 2 heterocycles. The highest BCUT2D eigenvalue weighted by atomic mass is 16.5. The van der Waals surface area contributed by atoms with Crippen LogP contribution in [0.4, 0.5) is 5.95 Å². The summed E-state index contributed by atoms with van der Waals surface area (Å²) in [5.74, 6) is 0.288. The van der Waals surface area contributed by atoms with Crippen molar-refractivity contribution >= 4 is 5.95 Å². The molecule has 1 aliphatic heterocycles. The number of rotatable bonds is 5. The minimum absolute atomic E-state index is 0.150. The fraction of sp³-hybridized carbons (Fsp3) is 0.727. The van der Waals surface area contributed by atoms with E-state index >= 15 is 0 Å². The summed E-state index contributed by atoms with van der Waals surface area (Å²) in [6, 6.07) is 0.300. The van der Waals surface area contributed by atoms with Crippen LogP contribution in [0.2, 0.25) is 0 Å². The second kappa shape index (κ2) is 5.54. The molecular weight excluding hydrogens is 252 g/mol. The quantitative estimate of drug-likeness (QED) is 0.761. The van der Waals surface area contributed by atoms with Gasteiger partial charge < -0.3 is 24.6 Å². The van der Waals surface area contributed by atoms with Gasteiger partial charge >= 0.3 is 12.0 Å². The molecule has 19 heavy (non-hydrogen) atoms. The Kier molecular flexibility index (Phi) is 4.01. The molecule has 0 saturated carbocycles. The molecule has 8 nitrogen and oxygen atoms in total. The molecule has 1 aromatic rings. The lowest BCUT2D eigenvalue weighted by Gasteiger charge is -2.26. The van der Waals surface area contributed by atoms with Gasteiger partial charge in [0, 0.05) is 19.6 Å². The molecule has 1 aromatic heterocycles. The molecule has 2 unspecified atom stereocenters. The van der Waals surface area contributed by atoms with Crippen molar-refractivity contribution in [2.45, 2.75) is 25.0 Å². The van der Waals surface area contributed by atoms with E-state index in [2.05, 4.69) is 20.3 Å². The molecule has 1 aliphatic rings. The Morgan fingerprint density at radius 1 is 1.32 bits per heavy atom. The Hall–Kier alpha value is -1.67. The Bertz CT molecular complexity index is 422. The SMILES string of the molecule is COc1nc(NCC2(O)CCOC2C)nc(OC)n1. The normalized spacial score (nSPS) is 26.2. The topological polar surface area (TPSA) is 98.6 Å². The van der Waals surface area contributed by atoms with Crippen molar-refractivity contribution in [2.75, 3.05) is 32.7 Å². The van der Waals surface area contributed by atoms with E-state index in [-0.39, 0.29) is 30.6 Å². The number of nitrogens with zero attached hydrogens (tertiary/aromatic N) is 3. The zero-order chi connectivity index (χ0) is 13.9. The summed E-state index contributed by atoms with van der Waals surface area (Å²) >= 11 is 0. The predicted octanol–water partition coefficient (Wildman–Crippen LogP) is -0.159. The van der Waals surface area contributed by atoms with Crippen LogP contribution in [-0.4, -0.2) is 59.1 Å². The highest BCUT2D eigenvalue weighted by Gasteiger charge is 2.39. The Balaban J connectivity index is 2.06. The number of hydrogen-bond donors (Lipinski definition) is 2. The lowest BCUT2D eigenvalue weighted by atomic mass is 9.97. The number of ether oxygens (including phenoxy) is 3. The lowest BCUT2D eigenvalue weighted by Crippen LogP contribution is -2.43. The van der Waals surface area contributed by atoms with Crippen molar-refractivity contribution < 1.29 is 19.3 Å². The molecule has 2 rings (SSSR count). The maximum atomic E-state index is 10.4. The molecule has 0 radical (unpaired) electrons. The largest absolute Gasteiger partial charge is 0.467 e. The van der Waals surface area contributed by atoms with Crippen molar-refractivity contribution in [3.05, 3.63) is 0 Å². The number of hydrogen-bond acceptors (Lipinski definition) is 8. The van der Waals surface area contributed by atoms with Crippen LogP contribution in [0.1, 0.15) is 13.3 Å². The number of methoxy groups -OCH3 is 2. The Morgan fingerprint density at radius 3 is 2.42 bits per heavy atom. The van der Waals surface area contributed by atoms with E-state index in [1.54, 1.807) is 0 Å². The first-order chi connectivity index (χ1) is 9.07. The minimum atomic E-state index is -0.924. The van der Waals surface area contributed by atoms with Gasteiger partial charge in [0.25, 0.3) is 0 Å². The van der Waals surface area contributed by atoms with Crippen LogP contribution in [-0.2, 0) is 4.74 Å². The van der Waals surface area contributed by atoms with E-state index in [9.17, 15) is 5.11 Å². The maximum Gasteiger partial charge on any atom is 0.324 e. The second-order valence-electron chi connectivity index (χ2n) is 4.35. The van der Waals surface area contributed by atoms with Gasteiger partial charge in [-0.15, -0.1) is 4.98 Å². The summed E-state index contributed by atoms with van der Waals surface area (Å²) in [7, 11) is 2.91. The number of aliphatic hydroxyl groups is 1. The van der Waals surface area contributed by atoms with E-state index in [0.29, 0.717) is 13.0 Å². The molecular formula is C11H18N4O4. The predicted molar refractivity (Wildman–Crippen MR) is 66.4 cm³/mol. The minimum Gasteiger partial charge on any atom is -0.467 e. The van der Waals surface area contributed by atoms with Crippen molar-refractivity contribution in [1.82, 2.24) is 15.0 Å².